The number of rotatable bonds is 8. The van der Waals surface area contributed by atoms with Gasteiger partial charge in [0.25, 0.3) is 10.1 Å². The van der Waals surface area contributed by atoms with E-state index in [9.17, 15) is 8.42 Å². The Morgan fingerprint density at radius 3 is 2.33 bits per heavy atom. The van der Waals surface area contributed by atoms with Crippen molar-refractivity contribution >= 4 is 10.1 Å². The van der Waals surface area contributed by atoms with Crippen molar-refractivity contribution in [2.45, 2.75) is 27.2 Å². The molecule has 0 aromatic carbocycles. The fourth-order valence-corrected chi connectivity index (χ4v) is 1.79. The van der Waals surface area contributed by atoms with E-state index in [1.807, 2.05) is 13.8 Å². The number of hydrogen-bond acceptors (Lipinski definition) is 4. The standard InChI is InChI=1S/C9H20O4S.Na.H/c1-4-7-14(10,11)13-6-5-12-8-9(2)3;;/h9H,4-8H2,1-3H3;;/q;+1;-1. The van der Waals surface area contributed by atoms with E-state index >= 15 is 0 Å². The molecule has 0 atom stereocenters. The zero-order valence-electron chi connectivity index (χ0n) is 11.2. The minimum absolute atomic E-state index is 0. The second-order valence-corrected chi connectivity index (χ2v) is 5.31. The summed E-state index contributed by atoms with van der Waals surface area (Å²) in [6.45, 7) is 6.97. The fraction of sp³-hybridized carbons (Fsp3) is 1.00. The molecule has 0 unspecified atom stereocenters. The van der Waals surface area contributed by atoms with Crippen LogP contribution in [0.3, 0.4) is 0 Å². The average Bonchev–Trinajstić information content (AvgIpc) is 2.02. The van der Waals surface area contributed by atoms with Crippen molar-refractivity contribution < 1.29 is 48.3 Å². The molecule has 0 heterocycles. The Bertz CT molecular complexity index is 232. The first-order valence-electron chi connectivity index (χ1n) is 4.92. The minimum atomic E-state index is -3.31. The van der Waals surface area contributed by atoms with E-state index < -0.39 is 10.1 Å². The van der Waals surface area contributed by atoms with Gasteiger partial charge in [-0.3, -0.25) is 4.18 Å². The monoisotopic (exact) mass is 248 g/mol. The molecule has 4 nitrogen and oxygen atoms in total. The van der Waals surface area contributed by atoms with Crippen molar-refractivity contribution in [2.24, 2.45) is 5.92 Å². The van der Waals surface area contributed by atoms with Crippen LogP contribution in [-0.2, 0) is 19.0 Å². The molecule has 0 spiro atoms. The Balaban J connectivity index is -0.000000845. The molecule has 0 fully saturated rings. The van der Waals surface area contributed by atoms with Crippen LogP contribution in [0.1, 0.15) is 28.6 Å². The first-order valence-corrected chi connectivity index (χ1v) is 6.50. The molecule has 88 valence electrons. The van der Waals surface area contributed by atoms with Crippen molar-refractivity contribution in [1.29, 1.82) is 0 Å². The normalized spacial score (nSPS) is 11.5. The summed E-state index contributed by atoms with van der Waals surface area (Å²) in [5.74, 6) is 0.541. The van der Waals surface area contributed by atoms with Crippen LogP contribution < -0.4 is 29.6 Å². The van der Waals surface area contributed by atoms with Gasteiger partial charge in [0.2, 0.25) is 0 Å². The van der Waals surface area contributed by atoms with Gasteiger partial charge in [0.05, 0.1) is 19.0 Å². The van der Waals surface area contributed by atoms with E-state index in [0.717, 1.165) is 0 Å². The Morgan fingerprint density at radius 1 is 1.27 bits per heavy atom. The van der Waals surface area contributed by atoms with Crippen LogP contribution in [0.5, 0.6) is 0 Å². The molecule has 6 heteroatoms. The maximum absolute atomic E-state index is 11.0. The zero-order valence-corrected chi connectivity index (χ0v) is 13.0. The smallest absolute Gasteiger partial charge is 1.00 e. The molecule has 0 amide bonds. The molecule has 0 aliphatic carbocycles. The van der Waals surface area contributed by atoms with E-state index in [1.165, 1.54) is 0 Å². The van der Waals surface area contributed by atoms with Crippen LogP contribution in [0.25, 0.3) is 0 Å². The van der Waals surface area contributed by atoms with Gasteiger partial charge in [0.15, 0.2) is 0 Å². The summed E-state index contributed by atoms with van der Waals surface area (Å²) in [5, 5.41) is 0. The third kappa shape index (κ3) is 12.8. The Labute approximate surface area is 117 Å². The summed E-state index contributed by atoms with van der Waals surface area (Å²) in [4.78, 5) is 0. The van der Waals surface area contributed by atoms with Crippen LogP contribution in [0, 0.1) is 5.92 Å². The van der Waals surface area contributed by atoms with Gasteiger partial charge < -0.3 is 6.16 Å². The quantitative estimate of drug-likeness (QED) is 0.299. The Morgan fingerprint density at radius 2 is 1.87 bits per heavy atom. The van der Waals surface area contributed by atoms with E-state index in [4.69, 9.17) is 8.92 Å². The Kier molecular flexibility index (Phi) is 12.2. The van der Waals surface area contributed by atoms with Gasteiger partial charge in [-0.15, -0.1) is 0 Å². The second-order valence-electron chi connectivity index (χ2n) is 3.55. The summed E-state index contributed by atoms with van der Waals surface area (Å²) < 4.78 is 32.0. The SMILES string of the molecule is CCCS(=O)(=O)OCCOCC(C)C.[H-].[Na+]. The Hall–Kier alpha value is 0.870. The zero-order chi connectivity index (χ0) is 11.0. The summed E-state index contributed by atoms with van der Waals surface area (Å²) in [6.07, 6.45) is 0.579. The van der Waals surface area contributed by atoms with Gasteiger partial charge in [0, 0.05) is 6.61 Å². The molecule has 0 aliphatic heterocycles. The van der Waals surface area contributed by atoms with E-state index in [1.54, 1.807) is 6.92 Å². The van der Waals surface area contributed by atoms with Crippen molar-refractivity contribution in [2.75, 3.05) is 25.6 Å². The minimum Gasteiger partial charge on any atom is -1.00 e. The molecule has 15 heavy (non-hydrogen) atoms. The molecule has 0 radical (unpaired) electrons. The molecule has 0 aliphatic rings. The third-order valence-corrected chi connectivity index (χ3v) is 2.83. The molecule has 0 saturated carbocycles. The van der Waals surface area contributed by atoms with Crippen molar-refractivity contribution in [1.82, 2.24) is 0 Å². The van der Waals surface area contributed by atoms with Crippen molar-refractivity contribution in [3.63, 3.8) is 0 Å². The summed E-state index contributed by atoms with van der Waals surface area (Å²) in [5.41, 5.74) is 0. The van der Waals surface area contributed by atoms with Gasteiger partial charge in [-0.25, -0.2) is 0 Å². The molecule has 0 N–H and O–H groups in total. The van der Waals surface area contributed by atoms with Gasteiger partial charge >= 0.3 is 29.6 Å². The predicted octanol–water partition coefficient (Wildman–Crippen LogP) is -1.47. The topological polar surface area (TPSA) is 52.6 Å². The van der Waals surface area contributed by atoms with Gasteiger partial charge in [-0.05, 0) is 12.3 Å². The van der Waals surface area contributed by atoms with E-state index in [0.29, 0.717) is 25.6 Å². The van der Waals surface area contributed by atoms with Crippen LogP contribution in [-0.4, -0.2) is 34.0 Å². The van der Waals surface area contributed by atoms with Crippen LogP contribution in [0.2, 0.25) is 0 Å². The first-order chi connectivity index (χ1) is 6.48. The summed E-state index contributed by atoms with van der Waals surface area (Å²) in [7, 11) is -3.31. The van der Waals surface area contributed by atoms with Crippen LogP contribution in [0.4, 0.5) is 0 Å². The van der Waals surface area contributed by atoms with E-state index in [2.05, 4.69) is 0 Å². The molecule has 0 rings (SSSR count). The average molecular weight is 248 g/mol. The van der Waals surface area contributed by atoms with Gasteiger partial charge in [-0.2, -0.15) is 8.42 Å². The summed E-state index contributed by atoms with van der Waals surface area (Å²) in [6, 6.07) is 0. The number of ether oxygens (including phenoxy) is 1. The largest absolute Gasteiger partial charge is 1.00 e. The molecule has 0 bridgehead atoms. The molecule has 0 aromatic rings. The first kappa shape index (κ1) is 18.2. The molecule has 0 aromatic heterocycles. The van der Waals surface area contributed by atoms with Gasteiger partial charge in [-0.1, -0.05) is 20.8 Å². The van der Waals surface area contributed by atoms with Gasteiger partial charge in [0.1, 0.15) is 0 Å². The summed E-state index contributed by atoms with van der Waals surface area (Å²) >= 11 is 0. The molecule has 0 saturated heterocycles. The van der Waals surface area contributed by atoms with Crippen molar-refractivity contribution in [3.8, 4) is 0 Å². The number of hydrogen-bond donors (Lipinski definition) is 0. The van der Waals surface area contributed by atoms with Crippen LogP contribution in [0.15, 0.2) is 0 Å². The predicted molar refractivity (Wildman–Crippen MR) is 56.8 cm³/mol. The van der Waals surface area contributed by atoms with Crippen LogP contribution >= 0.6 is 0 Å². The maximum Gasteiger partial charge on any atom is 1.00 e. The fourth-order valence-electron chi connectivity index (χ4n) is 0.848. The second kappa shape index (κ2) is 10.1. The third-order valence-electron chi connectivity index (χ3n) is 1.40. The molecular weight excluding hydrogens is 227 g/mol. The maximum atomic E-state index is 11.0. The molecular formula is C9H21NaO4S. The van der Waals surface area contributed by atoms with Crippen molar-refractivity contribution in [3.05, 3.63) is 0 Å². The van der Waals surface area contributed by atoms with E-state index in [-0.39, 0.29) is 43.3 Å².